The van der Waals surface area contributed by atoms with Crippen molar-refractivity contribution in [3.63, 3.8) is 0 Å². The minimum Gasteiger partial charge on any atom is -0.333 e. The van der Waals surface area contributed by atoms with Crippen molar-refractivity contribution in [3.05, 3.63) is 58.4 Å². The van der Waals surface area contributed by atoms with Gasteiger partial charge in [0.1, 0.15) is 5.82 Å². The van der Waals surface area contributed by atoms with Gasteiger partial charge in [0, 0.05) is 16.3 Å². The lowest BCUT2D eigenvalue weighted by Gasteiger charge is -2.03. The molecule has 2 nitrogen and oxygen atoms in total. The fraction of sp³-hybridized carbons (Fsp3) is 0.133. The highest BCUT2D eigenvalue weighted by Crippen LogP contribution is 2.28. The summed E-state index contributed by atoms with van der Waals surface area (Å²) in [5, 5.41) is 1.22. The van der Waals surface area contributed by atoms with E-state index in [4.69, 9.17) is 11.6 Å². The molecule has 0 unspecified atom stereocenters. The predicted octanol–water partition coefficient (Wildman–Crippen LogP) is 4.96. The topological polar surface area (TPSA) is 28.7 Å². The number of aromatic amines is 1. The SMILES string of the molecule is Cc1ccc2nc(SCc3c(F)cccc3Cl)[nH]c2c1. The molecule has 1 N–H and O–H groups in total. The van der Waals surface area contributed by atoms with Gasteiger partial charge in [-0.05, 0) is 36.8 Å². The molecule has 2 aromatic carbocycles. The lowest BCUT2D eigenvalue weighted by Crippen LogP contribution is -1.89. The largest absolute Gasteiger partial charge is 0.333 e. The summed E-state index contributed by atoms with van der Waals surface area (Å²) in [7, 11) is 0. The van der Waals surface area contributed by atoms with Gasteiger partial charge in [-0.3, -0.25) is 0 Å². The van der Waals surface area contributed by atoms with Crippen LogP contribution in [0.1, 0.15) is 11.1 Å². The van der Waals surface area contributed by atoms with E-state index in [0.717, 1.165) is 16.2 Å². The number of fused-ring (bicyclic) bond motifs is 1. The van der Waals surface area contributed by atoms with Gasteiger partial charge in [0.05, 0.1) is 11.0 Å². The van der Waals surface area contributed by atoms with Crippen LogP contribution in [0.2, 0.25) is 5.02 Å². The number of nitrogens with one attached hydrogen (secondary N) is 1. The average Bonchev–Trinajstić information content (AvgIpc) is 2.80. The third-order valence-electron chi connectivity index (χ3n) is 3.03. The molecule has 0 atom stereocenters. The summed E-state index contributed by atoms with van der Waals surface area (Å²) in [5.41, 5.74) is 3.59. The highest BCUT2D eigenvalue weighted by atomic mass is 35.5. The lowest BCUT2D eigenvalue weighted by molar-refractivity contribution is 0.617. The maximum atomic E-state index is 13.7. The zero-order valence-electron chi connectivity index (χ0n) is 10.8. The number of rotatable bonds is 3. The van der Waals surface area contributed by atoms with E-state index in [1.54, 1.807) is 12.1 Å². The molecular formula is C15H12ClFN2S. The summed E-state index contributed by atoms with van der Waals surface area (Å²) < 4.78 is 13.7. The van der Waals surface area contributed by atoms with E-state index >= 15 is 0 Å². The predicted molar refractivity (Wildman–Crippen MR) is 81.8 cm³/mol. The molecule has 0 bridgehead atoms. The quantitative estimate of drug-likeness (QED) is 0.693. The van der Waals surface area contributed by atoms with Crippen LogP contribution in [0.5, 0.6) is 0 Å². The fourth-order valence-corrected chi connectivity index (χ4v) is 3.21. The number of benzene rings is 2. The molecule has 0 radical (unpaired) electrons. The van der Waals surface area contributed by atoms with Crippen LogP contribution in [-0.4, -0.2) is 9.97 Å². The van der Waals surface area contributed by atoms with Gasteiger partial charge in [0.15, 0.2) is 5.16 Å². The van der Waals surface area contributed by atoms with Crippen molar-refractivity contribution in [1.82, 2.24) is 9.97 Å². The van der Waals surface area contributed by atoms with Crippen molar-refractivity contribution in [1.29, 1.82) is 0 Å². The van der Waals surface area contributed by atoms with Crippen LogP contribution in [0.15, 0.2) is 41.6 Å². The van der Waals surface area contributed by atoms with Crippen molar-refractivity contribution in [3.8, 4) is 0 Å². The molecule has 102 valence electrons. The van der Waals surface area contributed by atoms with E-state index in [9.17, 15) is 4.39 Å². The van der Waals surface area contributed by atoms with Gasteiger partial charge in [0.25, 0.3) is 0 Å². The van der Waals surface area contributed by atoms with E-state index in [2.05, 4.69) is 9.97 Å². The average molecular weight is 307 g/mol. The third kappa shape index (κ3) is 2.67. The first kappa shape index (κ1) is 13.5. The van der Waals surface area contributed by atoms with Crippen LogP contribution in [0.3, 0.4) is 0 Å². The van der Waals surface area contributed by atoms with E-state index in [0.29, 0.717) is 16.3 Å². The second kappa shape index (κ2) is 5.46. The molecule has 0 amide bonds. The highest BCUT2D eigenvalue weighted by Gasteiger charge is 2.09. The zero-order chi connectivity index (χ0) is 14.1. The van der Waals surface area contributed by atoms with Crippen molar-refractivity contribution >= 4 is 34.4 Å². The Kier molecular flexibility index (Phi) is 3.68. The maximum absolute atomic E-state index is 13.7. The van der Waals surface area contributed by atoms with Crippen LogP contribution in [0.4, 0.5) is 4.39 Å². The number of aryl methyl sites for hydroxylation is 1. The Labute approximate surface area is 125 Å². The van der Waals surface area contributed by atoms with Crippen molar-refractivity contribution < 1.29 is 4.39 Å². The first-order chi connectivity index (χ1) is 9.63. The number of thioether (sulfide) groups is 1. The molecule has 5 heteroatoms. The van der Waals surface area contributed by atoms with Gasteiger partial charge < -0.3 is 4.98 Å². The van der Waals surface area contributed by atoms with Gasteiger partial charge in [-0.2, -0.15) is 0 Å². The minimum atomic E-state index is -0.281. The van der Waals surface area contributed by atoms with Gasteiger partial charge in [0.2, 0.25) is 0 Å². The molecule has 20 heavy (non-hydrogen) atoms. The van der Waals surface area contributed by atoms with Gasteiger partial charge >= 0.3 is 0 Å². The Morgan fingerprint density at radius 1 is 1.30 bits per heavy atom. The van der Waals surface area contributed by atoms with E-state index < -0.39 is 0 Å². The van der Waals surface area contributed by atoms with Crippen LogP contribution in [0.25, 0.3) is 11.0 Å². The first-order valence-corrected chi connectivity index (χ1v) is 7.52. The third-order valence-corrected chi connectivity index (χ3v) is 4.28. The second-order valence-corrected chi connectivity index (χ2v) is 5.92. The van der Waals surface area contributed by atoms with Crippen LogP contribution >= 0.6 is 23.4 Å². The zero-order valence-corrected chi connectivity index (χ0v) is 12.4. The normalized spacial score (nSPS) is 11.2. The number of halogens is 2. The summed E-state index contributed by atoms with van der Waals surface area (Å²) in [6, 6.07) is 10.8. The number of H-pyrrole nitrogens is 1. The van der Waals surface area contributed by atoms with Crippen LogP contribution < -0.4 is 0 Å². The van der Waals surface area contributed by atoms with Gasteiger partial charge in [-0.1, -0.05) is 35.5 Å². The molecule has 1 aromatic heterocycles. The Hall–Kier alpha value is -1.52. The summed E-state index contributed by atoms with van der Waals surface area (Å²) >= 11 is 7.45. The monoisotopic (exact) mass is 306 g/mol. The Bertz CT molecular complexity index is 749. The number of hydrogen-bond donors (Lipinski definition) is 1. The summed E-state index contributed by atoms with van der Waals surface area (Å²) in [6.07, 6.45) is 0. The molecule has 3 rings (SSSR count). The molecule has 0 spiro atoms. The highest BCUT2D eigenvalue weighted by molar-refractivity contribution is 7.98. The van der Waals surface area contributed by atoms with Crippen molar-refractivity contribution in [2.45, 2.75) is 17.8 Å². The second-order valence-electron chi connectivity index (χ2n) is 4.55. The standard InChI is InChI=1S/C15H12ClFN2S/c1-9-5-6-13-14(7-9)19-15(18-13)20-8-10-11(16)3-2-4-12(10)17/h2-7H,8H2,1H3,(H,18,19). The maximum Gasteiger partial charge on any atom is 0.166 e. The molecule has 1 heterocycles. The minimum absolute atomic E-state index is 0.281. The fourth-order valence-electron chi connectivity index (χ4n) is 1.98. The summed E-state index contributed by atoms with van der Waals surface area (Å²) in [4.78, 5) is 7.70. The van der Waals surface area contributed by atoms with Crippen LogP contribution in [0, 0.1) is 12.7 Å². The van der Waals surface area contributed by atoms with E-state index in [1.807, 2.05) is 25.1 Å². The van der Waals surface area contributed by atoms with Crippen molar-refractivity contribution in [2.75, 3.05) is 0 Å². The molecule has 3 aromatic rings. The molecule has 0 saturated carbocycles. The molecule has 0 saturated heterocycles. The summed E-state index contributed by atoms with van der Waals surface area (Å²) in [5.74, 6) is 0.168. The Morgan fingerprint density at radius 3 is 2.95 bits per heavy atom. The number of nitrogens with zero attached hydrogens (tertiary/aromatic N) is 1. The van der Waals surface area contributed by atoms with E-state index in [1.165, 1.54) is 23.4 Å². The lowest BCUT2D eigenvalue weighted by atomic mass is 10.2. The number of imidazole rings is 1. The number of hydrogen-bond acceptors (Lipinski definition) is 2. The Morgan fingerprint density at radius 2 is 2.15 bits per heavy atom. The number of aromatic nitrogens is 2. The van der Waals surface area contributed by atoms with Crippen molar-refractivity contribution in [2.24, 2.45) is 0 Å². The molecule has 0 fully saturated rings. The molecule has 0 aliphatic rings. The smallest absolute Gasteiger partial charge is 0.166 e. The first-order valence-electron chi connectivity index (χ1n) is 6.15. The van der Waals surface area contributed by atoms with Gasteiger partial charge in [-0.25, -0.2) is 9.37 Å². The van der Waals surface area contributed by atoms with Gasteiger partial charge in [-0.15, -0.1) is 0 Å². The molecule has 0 aliphatic heterocycles. The Balaban J connectivity index is 1.83. The van der Waals surface area contributed by atoms with E-state index in [-0.39, 0.29) is 5.82 Å². The summed E-state index contributed by atoms with van der Waals surface area (Å²) in [6.45, 7) is 2.03. The molecular weight excluding hydrogens is 295 g/mol. The molecule has 0 aliphatic carbocycles. The van der Waals surface area contributed by atoms with Crippen LogP contribution in [-0.2, 0) is 5.75 Å².